The van der Waals surface area contributed by atoms with Crippen LogP contribution in [0, 0.1) is 6.92 Å². The standard InChI is InChI=1S/C24H26ClN3O2/c1-14-8-20-19(15(2)12-24(3,4)28(20)5)10-17(14)13-26-27-23(29)22-11-16-9-18(25)6-7-21(16)30-22/h6-11,13,15H,12H2,1-5H3,(H,27,29)/b26-13-/t15-/m1/s1. The molecule has 0 saturated heterocycles. The predicted octanol–water partition coefficient (Wildman–Crippen LogP) is 5.88. The first-order chi connectivity index (χ1) is 14.2. The van der Waals surface area contributed by atoms with Gasteiger partial charge in [0, 0.05) is 28.7 Å². The summed E-state index contributed by atoms with van der Waals surface area (Å²) in [6, 6.07) is 11.3. The van der Waals surface area contributed by atoms with Gasteiger partial charge >= 0.3 is 5.91 Å². The fraction of sp³-hybridized carbons (Fsp3) is 0.333. The van der Waals surface area contributed by atoms with Gasteiger partial charge in [-0.15, -0.1) is 0 Å². The van der Waals surface area contributed by atoms with Crippen molar-refractivity contribution in [3.8, 4) is 0 Å². The molecule has 0 saturated carbocycles. The summed E-state index contributed by atoms with van der Waals surface area (Å²) < 4.78 is 5.58. The fourth-order valence-electron chi connectivity index (χ4n) is 4.22. The third kappa shape index (κ3) is 3.70. The van der Waals surface area contributed by atoms with Crippen LogP contribution < -0.4 is 10.3 Å². The zero-order valence-corrected chi connectivity index (χ0v) is 18.7. The van der Waals surface area contributed by atoms with Crippen LogP contribution in [-0.4, -0.2) is 24.7 Å². The van der Waals surface area contributed by atoms with Gasteiger partial charge in [0.15, 0.2) is 5.76 Å². The zero-order valence-electron chi connectivity index (χ0n) is 17.9. The molecule has 0 fully saturated rings. The minimum absolute atomic E-state index is 0.124. The van der Waals surface area contributed by atoms with Gasteiger partial charge in [0.05, 0.1) is 6.21 Å². The number of amides is 1. The Balaban J connectivity index is 1.54. The second-order valence-electron chi connectivity index (χ2n) is 8.74. The number of fused-ring (bicyclic) bond motifs is 2. The summed E-state index contributed by atoms with van der Waals surface area (Å²) in [4.78, 5) is 14.8. The average molecular weight is 424 g/mol. The van der Waals surface area contributed by atoms with Gasteiger partial charge in [0.1, 0.15) is 5.58 Å². The topological polar surface area (TPSA) is 57.8 Å². The summed E-state index contributed by atoms with van der Waals surface area (Å²) in [6.45, 7) is 8.88. The quantitative estimate of drug-likeness (QED) is 0.422. The molecule has 0 unspecified atom stereocenters. The van der Waals surface area contributed by atoms with Crippen LogP contribution in [0.25, 0.3) is 11.0 Å². The first-order valence-electron chi connectivity index (χ1n) is 10.1. The zero-order chi connectivity index (χ0) is 21.6. The molecule has 1 aromatic heterocycles. The Morgan fingerprint density at radius 3 is 2.83 bits per heavy atom. The van der Waals surface area contributed by atoms with Crippen LogP contribution >= 0.6 is 11.6 Å². The van der Waals surface area contributed by atoms with E-state index in [1.807, 2.05) is 0 Å². The summed E-state index contributed by atoms with van der Waals surface area (Å²) in [5, 5.41) is 5.54. The van der Waals surface area contributed by atoms with E-state index in [4.69, 9.17) is 16.0 Å². The number of benzene rings is 2. The van der Waals surface area contributed by atoms with Crippen LogP contribution in [0.4, 0.5) is 5.69 Å². The van der Waals surface area contributed by atoms with Gasteiger partial charge in [0.2, 0.25) is 0 Å². The highest BCUT2D eigenvalue weighted by atomic mass is 35.5. The molecule has 0 aliphatic carbocycles. The summed E-state index contributed by atoms with van der Waals surface area (Å²) in [5.41, 5.74) is 7.97. The van der Waals surface area contributed by atoms with Crippen molar-refractivity contribution in [3.05, 3.63) is 63.9 Å². The number of nitrogens with one attached hydrogen (secondary N) is 1. The number of anilines is 1. The van der Waals surface area contributed by atoms with E-state index in [0.29, 0.717) is 16.5 Å². The molecule has 6 heteroatoms. The lowest BCUT2D eigenvalue weighted by atomic mass is 9.79. The lowest BCUT2D eigenvalue weighted by Crippen LogP contribution is -2.45. The van der Waals surface area contributed by atoms with Crippen LogP contribution in [0.3, 0.4) is 0 Å². The number of aryl methyl sites for hydroxylation is 1. The molecule has 1 aliphatic heterocycles. The smallest absolute Gasteiger partial charge is 0.307 e. The number of hydrazone groups is 1. The molecular formula is C24H26ClN3O2. The van der Waals surface area contributed by atoms with E-state index in [2.05, 4.69) is 62.3 Å². The molecule has 2 aromatic carbocycles. The monoisotopic (exact) mass is 423 g/mol. The fourth-order valence-corrected chi connectivity index (χ4v) is 4.40. The third-order valence-electron chi connectivity index (χ3n) is 6.09. The summed E-state index contributed by atoms with van der Waals surface area (Å²) >= 11 is 5.99. The first-order valence-corrected chi connectivity index (χ1v) is 10.4. The maximum atomic E-state index is 12.4. The molecule has 0 spiro atoms. The van der Waals surface area contributed by atoms with Crippen LogP contribution in [-0.2, 0) is 0 Å². The summed E-state index contributed by atoms with van der Waals surface area (Å²) in [7, 11) is 2.15. The van der Waals surface area contributed by atoms with E-state index >= 15 is 0 Å². The molecule has 1 amide bonds. The highest BCUT2D eigenvalue weighted by Gasteiger charge is 2.34. The summed E-state index contributed by atoms with van der Waals surface area (Å²) in [5.74, 6) is 0.254. The molecule has 3 aromatic rings. The van der Waals surface area contributed by atoms with Crippen molar-refractivity contribution >= 4 is 40.4 Å². The normalized spacial score (nSPS) is 18.1. The van der Waals surface area contributed by atoms with Crippen molar-refractivity contribution in [1.82, 2.24) is 5.43 Å². The number of halogens is 1. The molecule has 0 bridgehead atoms. The highest BCUT2D eigenvalue weighted by molar-refractivity contribution is 6.31. The van der Waals surface area contributed by atoms with E-state index < -0.39 is 5.91 Å². The Bertz CT molecular complexity index is 1160. The van der Waals surface area contributed by atoms with Gasteiger partial charge in [-0.05, 0) is 86.2 Å². The first kappa shape index (κ1) is 20.5. The molecule has 30 heavy (non-hydrogen) atoms. The van der Waals surface area contributed by atoms with Crippen LogP contribution in [0.2, 0.25) is 5.02 Å². The minimum atomic E-state index is -0.399. The number of hydrogen-bond acceptors (Lipinski definition) is 4. The number of furan rings is 1. The highest BCUT2D eigenvalue weighted by Crippen LogP contribution is 2.43. The molecule has 0 radical (unpaired) electrons. The van der Waals surface area contributed by atoms with E-state index in [1.54, 1.807) is 30.5 Å². The second kappa shape index (κ2) is 7.47. The van der Waals surface area contributed by atoms with Crippen LogP contribution in [0.1, 0.15) is 60.4 Å². The maximum Gasteiger partial charge on any atom is 0.307 e. The van der Waals surface area contributed by atoms with Crippen LogP contribution in [0.15, 0.2) is 45.9 Å². The molecule has 1 atom stereocenters. The molecule has 1 N–H and O–H groups in total. The van der Waals surface area contributed by atoms with Crippen molar-refractivity contribution in [2.45, 2.75) is 45.6 Å². The van der Waals surface area contributed by atoms with Gasteiger partial charge in [-0.1, -0.05) is 18.5 Å². The number of carbonyl (C=O) groups excluding carboxylic acids is 1. The Hall–Kier alpha value is -2.79. The van der Waals surface area contributed by atoms with Gasteiger partial charge in [0.25, 0.3) is 0 Å². The molecule has 4 rings (SSSR count). The molecule has 5 nitrogen and oxygen atoms in total. The van der Waals surface area contributed by atoms with E-state index in [0.717, 1.165) is 22.9 Å². The number of hydrogen-bond donors (Lipinski definition) is 1. The van der Waals surface area contributed by atoms with Crippen molar-refractivity contribution < 1.29 is 9.21 Å². The number of nitrogens with zero attached hydrogens (tertiary/aromatic N) is 2. The third-order valence-corrected chi connectivity index (χ3v) is 6.33. The SMILES string of the molecule is Cc1cc2c(cc1/C=N\NC(=O)c1cc3cc(Cl)ccc3o1)[C@H](C)CC(C)(C)N2C. The Morgan fingerprint density at radius 2 is 2.07 bits per heavy atom. The van der Waals surface area contributed by atoms with Gasteiger partial charge in [-0.2, -0.15) is 5.10 Å². The number of rotatable bonds is 3. The Labute approximate surface area is 181 Å². The lowest BCUT2D eigenvalue weighted by Gasteiger charge is -2.45. The maximum absolute atomic E-state index is 12.4. The Morgan fingerprint density at radius 1 is 1.30 bits per heavy atom. The van der Waals surface area contributed by atoms with Gasteiger partial charge in [-0.25, -0.2) is 5.43 Å². The minimum Gasteiger partial charge on any atom is -0.451 e. The van der Waals surface area contributed by atoms with Crippen LogP contribution in [0.5, 0.6) is 0 Å². The van der Waals surface area contributed by atoms with Crippen molar-refractivity contribution in [2.75, 3.05) is 11.9 Å². The average Bonchev–Trinajstić information content (AvgIpc) is 3.10. The molecule has 2 heterocycles. The van der Waals surface area contributed by atoms with Crippen molar-refractivity contribution in [1.29, 1.82) is 0 Å². The largest absolute Gasteiger partial charge is 0.451 e. The predicted molar refractivity (Wildman–Crippen MR) is 123 cm³/mol. The second-order valence-corrected chi connectivity index (χ2v) is 9.17. The molecule has 1 aliphatic rings. The Kier molecular flexibility index (Phi) is 5.10. The van der Waals surface area contributed by atoms with Gasteiger partial charge < -0.3 is 9.32 Å². The van der Waals surface area contributed by atoms with Crippen molar-refractivity contribution in [3.63, 3.8) is 0 Å². The van der Waals surface area contributed by atoms with Gasteiger partial charge in [-0.3, -0.25) is 4.79 Å². The van der Waals surface area contributed by atoms with E-state index in [1.165, 1.54) is 11.3 Å². The van der Waals surface area contributed by atoms with E-state index in [-0.39, 0.29) is 11.3 Å². The molecular weight excluding hydrogens is 398 g/mol. The summed E-state index contributed by atoms with van der Waals surface area (Å²) in [6.07, 6.45) is 2.78. The number of carbonyl (C=O) groups is 1. The lowest BCUT2D eigenvalue weighted by molar-refractivity contribution is 0.0929. The van der Waals surface area contributed by atoms with Crippen molar-refractivity contribution in [2.24, 2.45) is 5.10 Å². The van der Waals surface area contributed by atoms with E-state index in [9.17, 15) is 4.79 Å². The molecule has 156 valence electrons.